The Hall–Kier alpha value is -2.31. The van der Waals surface area contributed by atoms with Crippen molar-refractivity contribution >= 4 is 28.9 Å². The van der Waals surface area contributed by atoms with E-state index in [-0.39, 0.29) is 23.0 Å². The van der Waals surface area contributed by atoms with Crippen LogP contribution in [0.15, 0.2) is 30.6 Å². The fraction of sp³-hybridized carbons (Fsp3) is 0.316. The van der Waals surface area contributed by atoms with Gasteiger partial charge < -0.3 is 9.67 Å². The van der Waals surface area contributed by atoms with E-state index in [1.807, 2.05) is 10.8 Å². The number of hydrogen-bond donors (Lipinski definition) is 1. The molecule has 134 valence electrons. The lowest BCUT2D eigenvalue weighted by Gasteiger charge is -2.27. The molecular weight excluding hydrogens is 357 g/mol. The van der Waals surface area contributed by atoms with Crippen LogP contribution in [0.3, 0.4) is 0 Å². The van der Waals surface area contributed by atoms with E-state index in [0.29, 0.717) is 28.4 Å². The molecule has 1 aliphatic rings. The van der Waals surface area contributed by atoms with E-state index in [1.54, 1.807) is 18.3 Å². The van der Waals surface area contributed by atoms with Gasteiger partial charge in [0, 0.05) is 40.5 Å². The molecule has 0 spiro atoms. The highest BCUT2D eigenvalue weighted by atomic mass is 35.5. The van der Waals surface area contributed by atoms with Gasteiger partial charge in [0.05, 0.1) is 6.10 Å². The molecule has 0 amide bonds. The fourth-order valence-corrected chi connectivity index (χ4v) is 3.79. The zero-order valence-corrected chi connectivity index (χ0v) is 14.7. The number of nitrogens with zero attached hydrogens (tertiary/aromatic N) is 3. The normalized spacial score (nSPS) is 20.4. The van der Waals surface area contributed by atoms with Gasteiger partial charge in [-0.15, -0.1) is 0 Å². The molecule has 1 fully saturated rings. The van der Waals surface area contributed by atoms with Crippen molar-refractivity contribution in [2.45, 2.75) is 37.8 Å². The van der Waals surface area contributed by atoms with Gasteiger partial charge in [0.2, 0.25) is 5.28 Å². The van der Waals surface area contributed by atoms with E-state index in [9.17, 15) is 14.3 Å². The Morgan fingerprint density at radius 3 is 2.69 bits per heavy atom. The third-order valence-corrected chi connectivity index (χ3v) is 5.20. The summed E-state index contributed by atoms with van der Waals surface area (Å²) in [5.41, 5.74) is 2.00. The van der Waals surface area contributed by atoms with Gasteiger partial charge in [-0.1, -0.05) is 12.1 Å². The number of aliphatic hydroxyl groups excluding tert-OH is 1. The summed E-state index contributed by atoms with van der Waals surface area (Å²) in [5, 5.41) is 10.6. The number of rotatable bonds is 3. The largest absolute Gasteiger partial charge is 0.393 e. The first-order valence-electron chi connectivity index (χ1n) is 8.53. The first kappa shape index (κ1) is 17.1. The fourth-order valence-electron chi connectivity index (χ4n) is 3.66. The Morgan fingerprint density at radius 2 is 2.00 bits per heavy atom. The molecule has 1 saturated carbocycles. The summed E-state index contributed by atoms with van der Waals surface area (Å²) in [6.45, 7) is 0. The van der Waals surface area contributed by atoms with E-state index in [1.165, 1.54) is 6.07 Å². The van der Waals surface area contributed by atoms with Crippen LogP contribution in [0.1, 0.15) is 42.1 Å². The van der Waals surface area contributed by atoms with Gasteiger partial charge in [-0.3, -0.25) is 4.79 Å². The summed E-state index contributed by atoms with van der Waals surface area (Å²) < 4.78 is 16.6. The lowest BCUT2D eigenvalue weighted by atomic mass is 9.93. The van der Waals surface area contributed by atoms with E-state index in [2.05, 4.69) is 9.97 Å². The second-order valence-corrected chi connectivity index (χ2v) is 6.98. The first-order chi connectivity index (χ1) is 12.6. The van der Waals surface area contributed by atoms with Crippen molar-refractivity contribution in [3.63, 3.8) is 0 Å². The molecule has 0 bridgehead atoms. The zero-order chi connectivity index (χ0) is 18.3. The van der Waals surface area contributed by atoms with Gasteiger partial charge in [0.15, 0.2) is 0 Å². The highest BCUT2D eigenvalue weighted by Crippen LogP contribution is 2.37. The van der Waals surface area contributed by atoms with Crippen molar-refractivity contribution in [1.29, 1.82) is 0 Å². The maximum atomic E-state index is 14.6. The molecule has 7 heteroatoms. The van der Waals surface area contributed by atoms with Crippen LogP contribution in [-0.4, -0.2) is 32.0 Å². The number of aliphatic hydroxyl groups is 1. The second-order valence-electron chi connectivity index (χ2n) is 6.65. The minimum absolute atomic E-state index is 0.135. The SMILES string of the molecule is O=Cc1ccc(-c2cn(C3CCC(O)CC3)c3nc(Cl)ncc23)c(F)c1. The van der Waals surface area contributed by atoms with Gasteiger partial charge in [-0.05, 0) is 43.4 Å². The number of carbonyl (C=O) groups excluding carboxylic acids is 1. The van der Waals surface area contributed by atoms with Crippen LogP contribution in [0.4, 0.5) is 4.39 Å². The molecule has 2 heterocycles. The Balaban J connectivity index is 1.87. The van der Waals surface area contributed by atoms with Crippen molar-refractivity contribution in [2.75, 3.05) is 0 Å². The molecule has 5 nitrogen and oxygen atoms in total. The Kier molecular flexibility index (Phi) is 4.46. The molecular formula is C19H17ClFN3O2. The van der Waals surface area contributed by atoms with Crippen LogP contribution in [-0.2, 0) is 0 Å². The average molecular weight is 374 g/mol. The number of hydrogen-bond acceptors (Lipinski definition) is 4. The second kappa shape index (κ2) is 6.78. The Bertz CT molecular complexity index is 980. The molecule has 4 rings (SSSR count). The zero-order valence-electron chi connectivity index (χ0n) is 13.9. The minimum atomic E-state index is -0.470. The Labute approximate surface area is 154 Å². The van der Waals surface area contributed by atoms with Gasteiger partial charge in [-0.2, -0.15) is 4.98 Å². The third kappa shape index (κ3) is 2.99. The van der Waals surface area contributed by atoms with Crippen molar-refractivity contribution in [1.82, 2.24) is 14.5 Å². The molecule has 0 aliphatic heterocycles. The van der Waals surface area contributed by atoms with Gasteiger partial charge in [-0.25, -0.2) is 9.37 Å². The summed E-state index contributed by atoms with van der Waals surface area (Å²) in [6, 6.07) is 4.57. The van der Waals surface area contributed by atoms with Crippen molar-refractivity contribution in [3.8, 4) is 11.1 Å². The van der Waals surface area contributed by atoms with Crippen LogP contribution in [0, 0.1) is 5.82 Å². The standard InChI is InChI=1S/C19H17ClFN3O2/c20-19-22-8-15-16(14-6-1-11(10-25)7-17(14)21)9-24(18(15)23-19)12-2-4-13(26)5-3-12/h1,6-10,12-13,26H,2-5H2. The molecule has 0 atom stereocenters. The number of halogens is 2. The predicted octanol–water partition coefficient (Wildman–Crippen LogP) is 4.18. The maximum absolute atomic E-state index is 14.6. The lowest BCUT2D eigenvalue weighted by molar-refractivity contribution is 0.111. The van der Waals surface area contributed by atoms with Crippen molar-refractivity contribution in [3.05, 3.63) is 47.3 Å². The van der Waals surface area contributed by atoms with Crippen LogP contribution in [0.2, 0.25) is 5.28 Å². The Morgan fingerprint density at radius 1 is 1.23 bits per heavy atom. The van der Waals surface area contributed by atoms with Gasteiger partial charge >= 0.3 is 0 Å². The summed E-state index contributed by atoms with van der Waals surface area (Å²) in [5.74, 6) is -0.470. The van der Waals surface area contributed by atoms with E-state index >= 15 is 0 Å². The quantitative estimate of drug-likeness (QED) is 0.552. The van der Waals surface area contributed by atoms with Crippen LogP contribution in [0.5, 0.6) is 0 Å². The summed E-state index contributed by atoms with van der Waals surface area (Å²) in [6.07, 6.45) is 6.91. The van der Waals surface area contributed by atoms with Crippen LogP contribution >= 0.6 is 11.6 Å². The van der Waals surface area contributed by atoms with Gasteiger partial charge in [0.1, 0.15) is 17.8 Å². The lowest BCUT2D eigenvalue weighted by Crippen LogP contribution is -2.20. The van der Waals surface area contributed by atoms with Crippen molar-refractivity contribution < 1.29 is 14.3 Å². The smallest absolute Gasteiger partial charge is 0.224 e. The summed E-state index contributed by atoms with van der Waals surface area (Å²) in [7, 11) is 0. The van der Waals surface area contributed by atoms with E-state index in [4.69, 9.17) is 11.6 Å². The van der Waals surface area contributed by atoms with Crippen molar-refractivity contribution in [2.24, 2.45) is 0 Å². The monoisotopic (exact) mass is 373 g/mol. The third-order valence-electron chi connectivity index (χ3n) is 5.02. The molecule has 0 radical (unpaired) electrons. The van der Waals surface area contributed by atoms with Crippen LogP contribution < -0.4 is 0 Å². The van der Waals surface area contributed by atoms with E-state index in [0.717, 1.165) is 25.7 Å². The number of carbonyl (C=O) groups is 1. The molecule has 26 heavy (non-hydrogen) atoms. The summed E-state index contributed by atoms with van der Waals surface area (Å²) in [4.78, 5) is 19.3. The highest BCUT2D eigenvalue weighted by molar-refractivity contribution is 6.28. The number of benzene rings is 1. The maximum Gasteiger partial charge on any atom is 0.224 e. The topological polar surface area (TPSA) is 68.0 Å². The molecule has 1 aliphatic carbocycles. The number of fused-ring (bicyclic) bond motifs is 1. The minimum Gasteiger partial charge on any atom is -0.393 e. The molecule has 0 saturated heterocycles. The highest BCUT2D eigenvalue weighted by Gasteiger charge is 2.24. The predicted molar refractivity (Wildman–Crippen MR) is 96.8 cm³/mol. The molecule has 3 aromatic rings. The van der Waals surface area contributed by atoms with Gasteiger partial charge in [0.25, 0.3) is 0 Å². The molecule has 0 unspecified atom stereocenters. The number of aromatic nitrogens is 3. The number of aldehydes is 1. The first-order valence-corrected chi connectivity index (χ1v) is 8.91. The van der Waals surface area contributed by atoms with E-state index < -0.39 is 5.82 Å². The van der Waals surface area contributed by atoms with Crippen LogP contribution in [0.25, 0.3) is 22.2 Å². The average Bonchev–Trinajstić information content (AvgIpc) is 3.00. The summed E-state index contributed by atoms with van der Waals surface area (Å²) >= 11 is 5.99. The molecule has 1 N–H and O–H groups in total. The molecule has 1 aromatic carbocycles. The molecule has 2 aromatic heterocycles.